The number of nitrogens with zero attached hydrogens (tertiary/aromatic N) is 2. The van der Waals surface area contributed by atoms with Crippen LogP contribution in [0, 0.1) is 5.92 Å². The molecular formula is C19H23N3O3. The van der Waals surface area contributed by atoms with E-state index in [0.717, 1.165) is 56.0 Å². The van der Waals surface area contributed by atoms with Gasteiger partial charge in [0.25, 0.3) is 0 Å². The Hall–Kier alpha value is -2.34. The van der Waals surface area contributed by atoms with Crippen LogP contribution in [-0.2, 0) is 19.4 Å². The lowest BCUT2D eigenvalue weighted by Crippen LogP contribution is -2.25. The monoisotopic (exact) mass is 341 g/mol. The van der Waals surface area contributed by atoms with Crippen molar-refractivity contribution in [3.63, 3.8) is 0 Å². The predicted octanol–water partition coefficient (Wildman–Crippen LogP) is 2.80. The highest BCUT2D eigenvalue weighted by atomic mass is 16.4. The van der Waals surface area contributed by atoms with E-state index in [0.29, 0.717) is 17.3 Å². The van der Waals surface area contributed by atoms with Crippen molar-refractivity contribution in [2.75, 3.05) is 25.0 Å². The fourth-order valence-electron chi connectivity index (χ4n) is 3.32. The van der Waals surface area contributed by atoms with Crippen molar-refractivity contribution in [2.24, 2.45) is 5.92 Å². The number of carboxylic acid groups (broad SMARTS) is 1. The average Bonchev–Trinajstić information content (AvgIpc) is 3.33. The van der Waals surface area contributed by atoms with E-state index in [1.165, 1.54) is 12.8 Å². The first-order valence-electron chi connectivity index (χ1n) is 8.94. The number of rotatable bonds is 6. The van der Waals surface area contributed by atoms with Crippen molar-refractivity contribution >= 4 is 11.8 Å². The SMILES string of the molecule is O=C(O)c1cc2c(nc1NCC1CC1)CCN(Cc1ccco1)CC2. The van der Waals surface area contributed by atoms with Crippen LogP contribution in [0.25, 0.3) is 0 Å². The summed E-state index contributed by atoms with van der Waals surface area (Å²) < 4.78 is 5.44. The summed E-state index contributed by atoms with van der Waals surface area (Å²) in [5.74, 6) is 1.24. The van der Waals surface area contributed by atoms with Gasteiger partial charge in [-0.1, -0.05) is 0 Å². The minimum Gasteiger partial charge on any atom is -0.478 e. The van der Waals surface area contributed by atoms with E-state index in [-0.39, 0.29) is 0 Å². The highest BCUT2D eigenvalue weighted by Crippen LogP contribution is 2.30. The highest BCUT2D eigenvalue weighted by molar-refractivity contribution is 5.93. The molecular weight excluding hydrogens is 318 g/mol. The van der Waals surface area contributed by atoms with Gasteiger partial charge in [0.15, 0.2) is 0 Å². The van der Waals surface area contributed by atoms with Crippen molar-refractivity contribution in [1.82, 2.24) is 9.88 Å². The van der Waals surface area contributed by atoms with Gasteiger partial charge in [0.2, 0.25) is 0 Å². The van der Waals surface area contributed by atoms with E-state index in [2.05, 4.69) is 15.2 Å². The fraction of sp³-hybridized carbons (Fsp3) is 0.474. The third kappa shape index (κ3) is 3.85. The molecule has 0 amide bonds. The molecule has 1 aliphatic heterocycles. The van der Waals surface area contributed by atoms with Gasteiger partial charge in [0.1, 0.15) is 17.1 Å². The number of nitrogens with one attached hydrogen (secondary N) is 1. The molecule has 2 aliphatic rings. The summed E-state index contributed by atoms with van der Waals surface area (Å²) in [5, 5.41) is 12.8. The van der Waals surface area contributed by atoms with Crippen LogP contribution < -0.4 is 5.32 Å². The molecule has 132 valence electrons. The van der Waals surface area contributed by atoms with Crippen LogP contribution in [0.4, 0.5) is 5.82 Å². The fourth-order valence-corrected chi connectivity index (χ4v) is 3.32. The minimum atomic E-state index is -0.912. The zero-order valence-electron chi connectivity index (χ0n) is 14.2. The number of fused-ring (bicyclic) bond motifs is 1. The van der Waals surface area contributed by atoms with Crippen molar-refractivity contribution in [3.8, 4) is 0 Å². The third-order valence-corrected chi connectivity index (χ3v) is 5.00. The number of carbonyl (C=O) groups is 1. The van der Waals surface area contributed by atoms with Crippen LogP contribution >= 0.6 is 0 Å². The van der Waals surface area contributed by atoms with Crippen LogP contribution in [0.15, 0.2) is 28.9 Å². The van der Waals surface area contributed by atoms with Gasteiger partial charge in [0, 0.05) is 31.7 Å². The largest absolute Gasteiger partial charge is 0.478 e. The molecule has 0 bridgehead atoms. The van der Waals surface area contributed by atoms with Crippen molar-refractivity contribution in [1.29, 1.82) is 0 Å². The number of hydrogen-bond acceptors (Lipinski definition) is 5. The predicted molar refractivity (Wildman–Crippen MR) is 93.8 cm³/mol. The maximum Gasteiger partial charge on any atom is 0.339 e. The molecule has 2 aromatic rings. The van der Waals surface area contributed by atoms with E-state index in [1.54, 1.807) is 6.26 Å². The van der Waals surface area contributed by atoms with Crippen LogP contribution in [0.1, 0.15) is 40.2 Å². The number of anilines is 1. The number of carboxylic acids is 1. The van der Waals surface area contributed by atoms with Gasteiger partial charge in [-0.25, -0.2) is 9.78 Å². The van der Waals surface area contributed by atoms with Gasteiger partial charge in [-0.2, -0.15) is 0 Å². The topological polar surface area (TPSA) is 78.6 Å². The Labute approximate surface area is 146 Å². The average molecular weight is 341 g/mol. The van der Waals surface area contributed by atoms with Crippen LogP contribution in [0.5, 0.6) is 0 Å². The Morgan fingerprint density at radius 3 is 2.92 bits per heavy atom. The molecule has 0 atom stereocenters. The van der Waals surface area contributed by atoms with Crippen LogP contribution in [0.2, 0.25) is 0 Å². The molecule has 25 heavy (non-hydrogen) atoms. The van der Waals surface area contributed by atoms with E-state index in [4.69, 9.17) is 4.42 Å². The second kappa shape index (κ2) is 6.88. The molecule has 1 fully saturated rings. The molecule has 2 N–H and O–H groups in total. The minimum absolute atomic E-state index is 0.291. The first kappa shape index (κ1) is 16.1. The Balaban J connectivity index is 1.51. The van der Waals surface area contributed by atoms with Crippen molar-refractivity contribution in [3.05, 3.63) is 47.0 Å². The second-order valence-electron chi connectivity index (χ2n) is 6.98. The van der Waals surface area contributed by atoms with Crippen molar-refractivity contribution < 1.29 is 14.3 Å². The molecule has 0 unspecified atom stereocenters. The van der Waals surface area contributed by atoms with Crippen LogP contribution in [0.3, 0.4) is 0 Å². The summed E-state index contributed by atoms with van der Waals surface area (Å²) in [7, 11) is 0. The molecule has 6 nitrogen and oxygen atoms in total. The first-order valence-corrected chi connectivity index (χ1v) is 8.94. The molecule has 0 aromatic carbocycles. The maximum absolute atomic E-state index is 11.6. The number of hydrogen-bond donors (Lipinski definition) is 2. The summed E-state index contributed by atoms with van der Waals surface area (Å²) in [6.45, 7) is 3.37. The molecule has 3 heterocycles. The molecule has 4 rings (SSSR count). The van der Waals surface area contributed by atoms with Gasteiger partial charge < -0.3 is 14.8 Å². The lowest BCUT2D eigenvalue weighted by Gasteiger charge is -2.17. The summed E-state index contributed by atoms with van der Waals surface area (Å²) >= 11 is 0. The van der Waals surface area contributed by atoms with Gasteiger partial charge in [0.05, 0.1) is 12.8 Å². The number of aromatic carboxylic acids is 1. The van der Waals surface area contributed by atoms with E-state index in [9.17, 15) is 9.90 Å². The van der Waals surface area contributed by atoms with E-state index >= 15 is 0 Å². The standard InChI is InChI=1S/C19H23N3O3/c23-19(24)16-10-14-5-7-22(12-15-2-1-9-25-15)8-6-17(14)21-18(16)20-11-13-3-4-13/h1-2,9-10,13H,3-8,11-12H2,(H,20,21)(H,23,24). The number of pyridine rings is 1. The van der Waals surface area contributed by atoms with Crippen LogP contribution in [-0.4, -0.2) is 40.6 Å². The summed E-state index contributed by atoms with van der Waals surface area (Å²) in [4.78, 5) is 18.6. The molecule has 1 aliphatic carbocycles. The van der Waals surface area contributed by atoms with Gasteiger partial charge >= 0.3 is 5.97 Å². The quantitative estimate of drug-likeness (QED) is 0.841. The molecule has 0 spiro atoms. The lowest BCUT2D eigenvalue weighted by molar-refractivity contribution is 0.0697. The third-order valence-electron chi connectivity index (χ3n) is 5.00. The Morgan fingerprint density at radius 1 is 1.36 bits per heavy atom. The maximum atomic E-state index is 11.6. The summed E-state index contributed by atoms with van der Waals surface area (Å²) in [5.41, 5.74) is 2.36. The summed E-state index contributed by atoms with van der Waals surface area (Å²) in [6, 6.07) is 5.70. The summed E-state index contributed by atoms with van der Waals surface area (Å²) in [6.07, 6.45) is 5.78. The second-order valence-corrected chi connectivity index (χ2v) is 6.98. The Morgan fingerprint density at radius 2 is 2.20 bits per heavy atom. The molecule has 2 aromatic heterocycles. The molecule has 6 heteroatoms. The normalized spacial score (nSPS) is 17.8. The first-order chi connectivity index (χ1) is 12.2. The zero-order chi connectivity index (χ0) is 17.2. The molecule has 0 radical (unpaired) electrons. The smallest absolute Gasteiger partial charge is 0.339 e. The number of furan rings is 1. The zero-order valence-corrected chi connectivity index (χ0v) is 14.2. The van der Waals surface area contributed by atoms with E-state index < -0.39 is 5.97 Å². The Kier molecular flexibility index (Phi) is 4.44. The van der Waals surface area contributed by atoms with Gasteiger partial charge in [-0.3, -0.25) is 4.90 Å². The van der Waals surface area contributed by atoms with Gasteiger partial charge in [-0.05, 0) is 48.9 Å². The molecule has 0 saturated heterocycles. The highest BCUT2D eigenvalue weighted by Gasteiger charge is 2.24. The van der Waals surface area contributed by atoms with Gasteiger partial charge in [-0.15, -0.1) is 0 Å². The van der Waals surface area contributed by atoms with Crippen molar-refractivity contribution in [2.45, 2.75) is 32.2 Å². The Bertz CT molecular complexity index is 754. The molecule has 1 saturated carbocycles. The van der Waals surface area contributed by atoms with E-state index in [1.807, 2.05) is 18.2 Å². The number of aromatic nitrogens is 1. The lowest BCUT2D eigenvalue weighted by atomic mass is 10.1.